The van der Waals surface area contributed by atoms with Gasteiger partial charge in [0.2, 0.25) is 5.95 Å². The predicted molar refractivity (Wildman–Crippen MR) is 108 cm³/mol. The third-order valence-electron chi connectivity index (χ3n) is 4.33. The standard InChI is InChI=1S/C21H24N4O2/c1-14-5-7-17(11-15(14)2)24-20-9-10-22-21(25-20)23-13-16-6-8-18(26-3)19(12-16)27-4/h5-12H,13H2,1-4H3,(H2,22,23,24,25). The van der Waals surface area contributed by atoms with Gasteiger partial charge in [-0.05, 0) is 60.9 Å². The SMILES string of the molecule is COc1ccc(CNc2nccc(Nc3ccc(C)c(C)c3)n2)cc1OC. The number of rotatable bonds is 7. The second-order valence-corrected chi connectivity index (χ2v) is 6.23. The van der Waals surface area contributed by atoms with Crippen molar-refractivity contribution in [1.29, 1.82) is 0 Å². The van der Waals surface area contributed by atoms with Crippen LogP contribution in [0, 0.1) is 13.8 Å². The smallest absolute Gasteiger partial charge is 0.224 e. The van der Waals surface area contributed by atoms with Crippen LogP contribution in [0.1, 0.15) is 16.7 Å². The maximum Gasteiger partial charge on any atom is 0.224 e. The van der Waals surface area contributed by atoms with E-state index in [0.29, 0.717) is 24.0 Å². The number of aromatic nitrogens is 2. The van der Waals surface area contributed by atoms with E-state index < -0.39 is 0 Å². The first-order valence-corrected chi connectivity index (χ1v) is 8.71. The molecule has 6 nitrogen and oxygen atoms in total. The Morgan fingerprint density at radius 2 is 1.70 bits per heavy atom. The first-order chi connectivity index (χ1) is 13.1. The van der Waals surface area contributed by atoms with Crippen LogP contribution in [0.25, 0.3) is 0 Å². The molecule has 27 heavy (non-hydrogen) atoms. The van der Waals surface area contributed by atoms with Gasteiger partial charge in [0, 0.05) is 18.4 Å². The molecule has 0 saturated heterocycles. The van der Waals surface area contributed by atoms with Gasteiger partial charge < -0.3 is 20.1 Å². The zero-order chi connectivity index (χ0) is 19.2. The van der Waals surface area contributed by atoms with Crippen molar-refractivity contribution in [3.8, 4) is 11.5 Å². The average molecular weight is 364 g/mol. The molecule has 1 heterocycles. The highest BCUT2D eigenvalue weighted by molar-refractivity contribution is 5.58. The molecule has 0 atom stereocenters. The van der Waals surface area contributed by atoms with E-state index in [0.717, 1.165) is 17.1 Å². The van der Waals surface area contributed by atoms with Gasteiger partial charge in [-0.1, -0.05) is 12.1 Å². The number of aryl methyl sites for hydroxylation is 2. The van der Waals surface area contributed by atoms with Gasteiger partial charge in [-0.2, -0.15) is 4.98 Å². The number of hydrogen-bond acceptors (Lipinski definition) is 6. The van der Waals surface area contributed by atoms with Gasteiger partial charge in [0.25, 0.3) is 0 Å². The van der Waals surface area contributed by atoms with Crippen molar-refractivity contribution < 1.29 is 9.47 Å². The molecule has 0 aliphatic heterocycles. The lowest BCUT2D eigenvalue weighted by Gasteiger charge is -2.11. The van der Waals surface area contributed by atoms with E-state index in [1.807, 2.05) is 30.3 Å². The Kier molecular flexibility index (Phi) is 5.76. The van der Waals surface area contributed by atoms with Gasteiger partial charge in [-0.3, -0.25) is 0 Å². The van der Waals surface area contributed by atoms with Crippen molar-refractivity contribution in [1.82, 2.24) is 9.97 Å². The fourth-order valence-corrected chi connectivity index (χ4v) is 2.65. The summed E-state index contributed by atoms with van der Waals surface area (Å²) in [4.78, 5) is 8.81. The number of ether oxygens (including phenoxy) is 2. The Hall–Kier alpha value is -3.28. The summed E-state index contributed by atoms with van der Waals surface area (Å²) in [5.41, 5.74) is 4.55. The van der Waals surface area contributed by atoms with E-state index in [9.17, 15) is 0 Å². The van der Waals surface area contributed by atoms with Gasteiger partial charge in [0.15, 0.2) is 11.5 Å². The van der Waals surface area contributed by atoms with Crippen LogP contribution >= 0.6 is 0 Å². The maximum absolute atomic E-state index is 5.34. The molecule has 0 saturated carbocycles. The van der Waals surface area contributed by atoms with Gasteiger partial charge in [0.1, 0.15) is 5.82 Å². The largest absolute Gasteiger partial charge is 0.493 e. The van der Waals surface area contributed by atoms with Crippen molar-refractivity contribution >= 4 is 17.5 Å². The molecule has 3 aromatic rings. The number of anilines is 3. The monoisotopic (exact) mass is 364 g/mol. The number of benzene rings is 2. The average Bonchev–Trinajstić information content (AvgIpc) is 2.69. The molecule has 6 heteroatoms. The van der Waals surface area contributed by atoms with Crippen LogP contribution in [0.4, 0.5) is 17.5 Å². The molecule has 2 aromatic carbocycles. The normalized spacial score (nSPS) is 10.4. The van der Waals surface area contributed by atoms with E-state index in [2.05, 4.69) is 46.6 Å². The Morgan fingerprint density at radius 3 is 2.44 bits per heavy atom. The summed E-state index contributed by atoms with van der Waals surface area (Å²) >= 11 is 0. The molecule has 0 aliphatic rings. The lowest BCUT2D eigenvalue weighted by atomic mass is 10.1. The topological polar surface area (TPSA) is 68.3 Å². The van der Waals surface area contributed by atoms with Gasteiger partial charge in [-0.15, -0.1) is 0 Å². The molecular weight excluding hydrogens is 340 g/mol. The number of hydrogen-bond donors (Lipinski definition) is 2. The predicted octanol–water partition coefficient (Wildman–Crippen LogP) is 4.47. The highest BCUT2D eigenvalue weighted by atomic mass is 16.5. The Bertz CT molecular complexity index is 928. The van der Waals surface area contributed by atoms with Crippen LogP contribution in [0.15, 0.2) is 48.7 Å². The zero-order valence-corrected chi connectivity index (χ0v) is 16.0. The molecule has 0 aliphatic carbocycles. The summed E-state index contributed by atoms with van der Waals surface area (Å²) in [5, 5.41) is 6.55. The molecule has 3 rings (SSSR count). The van der Waals surface area contributed by atoms with Crippen molar-refractivity contribution in [3.63, 3.8) is 0 Å². The lowest BCUT2D eigenvalue weighted by molar-refractivity contribution is 0.354. The highest BCUT2D eigenvalue weighted by Gasteiger charge is 2.06. The zero-order valence-electron chi connectivity index (χ0n) is 16.0. The third-order valence-corrected chi connectivity index (χ3v) is 4.33. The third kappa shape index (κ3) is 4.67. The van der Waals surface area contributed by atoms with E-state index in [1.165, 1.54) is 11.1 Å². The Morgan fingerprint density at radius 1 is 0.889 bits per heavy atom. The minimum absolute atomic E-state index is 0.554. The minimum Gasteiger partial charge on any atom is -0.493 e. The van der Waals surface area contributed by atoms with E-state index in [1.54, 1.807) is 20.4 Å². The van der Waals surface area contributed by atoms with E-state index >= 15 is 0 Å². The number of methoxy groups -OCH3 is 2. The van der Waals surface area contributed by atoms with Crippen LogP contribution in [0.3, 0.4) is 0 Å². The molecule has 0 amide bonds. The molecular formula is C21H24N4O2. The van der Waals surface area contributed by atoms with Crippen LogP contribution in [-0.2, 0) is 6.54 Å². The maximum atomic E-state index is 5.34. The molecule has 1 aromatic heterocycles. The van der Waals surface area contributed by atoms with Crippen LogP contribution in [-0.4, -0.2) is 24.2 Å². The molecule has 140 valence electrons. The van der Waals surface area contributed by atoms with Crippen LogP contribution < -0.4 is 20.1 Å². The highest BCUT2D eigenvalue weighted by Crippen LogP contribution is 2.27. The summed E-state index contributed by atoms with van der Waals surface area (Å²) in [7, 11) is 3.25. The molecule has 2 N–H and O–H groups in total. The van der Waals surface area contributed by atoms with Crippen LogP contribution in [0.5, 0.6) is 11.5 Å². The second-order valence-electron chi connectivity index (χ2n) is 6.23. The summed E-state index contributed by atoms with van der Waals surface area (Å²) in [6.07, 6.45) is 1.73. The summed E-state index contributed by atoms with van der Waals surface area (Å²) in [6.45, 7) is 4.77. The van der Waals surface area contributed by atoms with Crippen LogP contribution in [0.2, 0.25) is 0 Å². The van der Waals surface area contributed by atoms with Gasteiger partial charge in [0.05, 0.1) is 14.2 Å². The van der Waals surface area contributed by atoms with Gasteiger partial charge >= 0.3 is 0 Å². The summed E-state index contributed by atoms with van der Waals surface area (Å²) in [6, 6.07) is 13.9. The first kappa shape index (κ1) is 18.5. The fraction of sp³-hybridized carbons (Fsp3) is 0.238. The van der Waals surface area contributed by atoms with Crippen molar-refractivity contribution in [2.24, 2.45) is 0 Å². The molecule has 0 spiro atoms. The number of nitrogens with zero attached hydrogens (tertiary/aromatic N) is 2. The van der Waals surface area contributed by atoms with Crippen molar-refractivity contribution in [2.45, 2.75) is 20.4 Å². The molecule has 0 unspecified atom stereocenters. The Balaban J connectivity index is 1.68. The fourth-order valence-electron chi connectivity index (χ4n) is 2.65. The van der Waals surface area contributed by atoms with Crippen molar-refractivity contribution in [3.05, 3.63) is 65.4 Å². The van der Waals surface area contributed by atoms with Crippen molar-refractivity contribution in [2.75, 3.05) is 24.9 Å². The lowest BCUT2D eigenvalue weighted by Crippen LogP contribution is -2.05. The van der Waals surface area contributed by atoms with Gasteiger partial charge in [-0.25, -0.2) is 4.98 Å². The number of nitrogens with one attached hydrogen (secondary N) is 2. The summed E-state index contributed by atoms with van der Waals surface area (Å²) in [5.74, 6) is 2.70. The molecule has 0 bridgehead atoms. The first-order valence-electron chi connectivity index (χ1n) is 8.71. The minimum atomic E-state index is 0.554. The quantitative estimate of drug-likeness (QED) is 0.645. The summed E-state index contributed by atoms with van der Waals surface area (Å²) < 4.78 is 10.6. The molecule has 0 radical (unpaired) electrons. The van der Waals surface area contributed by atoms with E-state index in [4.69, 9.17) is 9.47 Å². The van der Waals surface area contributed by atoms with E-state index in [-0.39, 0.29) is 0 Å². The Labute approximate surface area is 159 Å². The molecule has 0 fully saturated rings. The second kappa shape index (κ2) is 8.40.